The van der Waals surface area contributed by atoms with Gasteiger partial charge in [-0.25, -0.2) is 10.4 Å². The van der Waals surface area contributed by atoms with E-state index in [0.717, 1.165) is 10.4 Å². The van der Waals surface area contributed by atoms with Gasteiger partial charge in [0.15, 0.2) is 0 Å². The highest BCUT2D eigenvalue weighted by molar-refractivity contribution is 7.18. The number of fused-ring (bicyclic) bond motifs is 1. The summed E-state index contributed by atoms with van der Waals surface area (Å²) >= 11 is 13.4. The molecule has 0 unspecified atom stereocenters. The Kier molecular flexibility index (Phi) is 5.41. The van der Waals surface area contributed by atoms with Crippen molar-refractivity contribution in [3.05, 3.63) is 60.4 Å². The summed E-state index contributed by atoms with van der Waals surface area (Å²) in [5.41, 5.74) is 3.63. The summed E-state index contributed by atoms with van der Waals surface area (Å²) in [5.74, 6) is -0.121. The SMILES string of the molecule is Cc1sc2nc(CC(=O)N/N=C/c3cccc(Cl)c3Cl)[nH]c(=O)c2c1C. The lowest BCUT2D eigenvalue weighted by atomic mass is 10.2. The number of carbonyl (C=O) groups excluding carboxylic acids is 1. The molecule has 0 aliphatic rings. The van der Waals surface area contributed by atoms with Crippen LogP contribution in [0, 0.1) is 13.8 Å². The lowest BCUT2D eigenvalue weighted by Gasteiger charge is -2.02. The van der Waals surface area contributed by atoms with Gasteiger partial charge in [0.1, 0.15) is 10.7 Å². The van der Waals surface area contributed by atoms with Gasteiger partial charge in [0, 0.05) is 10.4 Å². The van der Waals surface area contributed by atoms with E-state index in [1.54, 1.807) is 18.2 Å². The molecule has 0 bridgehead atoms. The molecule has 1 amide bonds. The summed E-state index contributed by atoms with van der Waals surface area (Å²) in [7, 11) is 0. The van der Waals surface area contributed by atoms with Crippen molar-refractivity contribution >= 4 is 56.9 Å². The summed E-state index contributed by atoms with van der Waals surface area (Å²) in [6.07, 6.45) is 1.30. The van der Waals surface area contributed by atoms with Crippen LogP contribution in [0.2, 0.25) is 10.0 Å². The molecular formula is C17H14Cl2N4O2S. The molecule has 0 spiro atoms. The fourth-order valence-electron chi connectivity index (χ4n) is 2.37. The molecule has 0 atom stereocenters. The minimum absolute atomic E-state index is 0.0954. The Hall–Kier alpha value is -2.22. The number of amides is 1. The van der Waals surface area contributed by atoms with Crippen LogP contribution >= 0.6 is 34.5 Å². The van der Waals surface area contributed by atoms with Crippen LogP contribution in [0.25, 0.3) is 10.2 Å². The predicted octanol–water partition coefficient (Wildman–Crippen LogP) is 3.60. The number of carbonyl (C=O) groups is 1. The van der Waals surface area contributed by atoms with E-state index in [4.69, 9.17) is 23.2 Å². The maximum atomic E-state index is 12.2. The second-order valence-corrected chi connectivity index (χ2v) is 7.58. The van der Waals surface area contributed by atoms with E-state index in [-0.39, 0.29) is 17.8 Å². The fraction of sp³-hybridized carbons (Fsp3) is 0.176. The van der Waals surface area contributed by atoms with Crippen molar-refractivity contribution in [2.24, 2.45) is 5.10 Å². The van der Waals surface area contributed by atoms with Crippen LogP contribution in [0.5, 0.6) is 0 Å². The van der Waals surface area contributed by atoms with Crippen molar-refractivity contribution < 1.29 is 4.79 Å². The van der Waals surface area contributed by atoms with Gasteiger partial charge >= 0.3 is 0 Å². The summed E-state index contributed by atoms with van der Waals surface area (Å²) in [5, 5.41) is 5.19. The molecule has 6 nitrogen and oxygen atoms in total. The lowest BCUT2D eigenvalue weighted by Crippen LogP contribution is -2.23. The van der Waals surface area contributed by atoms with Crippen LogP contribution in [0.3, 0.4) is 0 Å². The van der Waals surface area contributed by atoms with Crippen LogP contribution in [0.1, 0.15) is 21.8 Å². The number of halogens is 2. The molecule has 0 aliphatic carbocycles. The Bertz CT molecular complexity index is 1090. The van der Waals surface area contributed by atoms with Crippen LogP contribution in [-0.4, -0.2) is 22.1 Å². The average molecular weight is 409 g/mol. The normalized spacial score (nSPS) is 11.4. The van der Waals surface area contributed by atoms with Crippen molar-refractivity contribution in [2.45, 2.75) is 20.3 Å². The number of hydrogen-bond donors (Lipinski definition) is 2. The molecule has 2 heterocycles. The summed E-state index contributed by atoms with van der Waals surface area (Å²) in [6, 6.07) is 5.11. The lowest BCUT2D eigenvalue weighted by molar-refractivity contribution is -0.120. The number of hydrazone groups is 1. The van der Waals surface area contributed by atoms with Gasteiger partial charge in [0.05, 0.1) is 28.1 Å². The minimum Gasteiger partial charge on any atom is -0.309 e. The minimum atomic E-state index is -0.410. The first-order valence-electron chi connectivity index (χ1n) is 7.61. The third kappa shape index (κ3) is 3.80. The third-order valence-corrected chi connectivity index (χ3v) is 5.73. The number of thiophene rings is 1. The largest absolute Gasteiger partial charge is 0.309 e. The number of nitrogens with zero attached hydrogens (tertiary/aromatic N) is 2. The highest BCUT2D eigenvalue weighted by atomic mass is 35.5. The Balaban J connectivity index is 1.72. The van der Waals surface area contributed by atoms with E-state index in [0.29, 0.717) is 25.8 Å². The van der Waals surface area contributed by atoms with E-state index in [1.165, 1.54) is 17.6 Å². The van der Waals surface area contributed by atoms with Crippen LogP contribution in [0.4, 0.5) is 0 Å². The van der Waals surface area contributed by atoms with E-state index < -0.39 is 5.91 Å². The van der Waals surface area contributed by atoms with Gasteiger partial charge in [0.25, 0.3) is 5.56 Å². The van der Waals surface area contributed by atoms with Crippen molar-refractivity contribution in [1.29, 1.82) is 0 Å². The second-order valence-electron chi connectivity index (χ2n) is 5.59. The van der Waals surface area contributed by atoms with Gasteiger partial charge in [-0.1, -0.05) is 35.3 Å². The monoisotopic (exact) mass is 408 g/mol. The fourth-order valence-corrected chi connectivity index (χ4v) is 3.77. The first kappa shape index (κ1) is 18.6. The quantitative estimate of drug-likeness (QED) is 0.510. The Morgan fingerprint density at radius 1 is 1.38 bits per heavy atom. The number of benzene rings is 1. The van der Waals surface area contributed by atoms with Crippen LogP contribution in [-0.2, 0) is 11.2 Å². The zero-order valence-corrected chi connectivity index (χ0v) is 16.2. The number of aromatic amines is 1. The van der Waals surface area contributed by atoms with E-state index >= 15 is 0 Å². The van der Waals surface area contributed by atoms with Crippen molar-refractivity contribution in [3.63, 3.8) is 0 Å². The zero-order chi connectivity index (χ0) is 18.8. The molecular weight excluding hydrogens is 395 g/mol. The molecule has 9 heteroatoms. The van der Waals surface area contributed by atoms with Crippen molar-refractivity contribution in [2.75, 3.05) is 0 Å². The summed E-state index contributed by atoms with van der Waals surface area (Å²) in [6.45, 7) is 3.82. The van der Waals surface area contributed by atoms with E-state index in [1.807, 2.05) is 13.8 Å². The Labute approximate surface area is 162 Å². The smallest absolute Gasteiger partial charge is 0.259 e. The average Bonchev–Trinajstić information content (AvgIpc) is 2.86. The molecule has 0 aliphatic heterocycles. The van der Waals surface area contributed by atoms with E-state index in [2.05, 4.69) is 20.5 Å². The first-order valence-corrected chi connectivity index (χ1v) is 9.19. The molecule has 3 aromatic rings. The topological polar surface area (TPSA) is 87.2 Å². The van der Waals surface area contributed by atoms with Crippen LogP contribution < -0.4 is 11.0 Å². The van der Waals surface area contributed by atoms with Gasteiger partial charge in [-0.2, -0.15) is 5.10 Å². The molecule has 134 valence electrons. The number of rotatable bonds is 4. The van der Waals surface area contributed by atoms with E-state index in [9.17, 15) is 9.59 Å². The molecule has 2 aromatic heterocycles. The van der Waals surface area contributed by atoms with Crippen LogP contribution in [0.15, 0.2) is 28.1 Å². The predicted molar refractivity (Wildman–Crippen MR) is 106 cm³/mol. The number of aromatic nitrogens is 2. The molecule has 3 rings (SSSR count). The molecule has 1 aromatic carbocycles. The molecule has 2 N–H and O–H groups in total. The zero-order valence-electron chi connectivity index (χ0n) is 13.9. The second kappa shape index (κ2) is 7.57. The standard InChI is InChI=1S/C17H14Cl2N4O2S/c1-8-9(2)26-17-14(8)16(25)21-12(22-17)6-13(24)23-20-7-10-4-3-5-11(18)15(10)19/h3-5,7H,6H2,1-2H3,(H,23,24)(H,21,22,25)/b20-7+. The third-order valence-electron chi connectivity index (χ3n) is 3.79. The number of nitrogens with one attached hydrogen (secondary N) is 2. The highest BCUT2D eigenvalue weighted by Gasteiger charge is 2.13. The van der Waals surface area contributed by atoms with Gasteiger partial charge in [-0.15, -0.1) is 11.3 Å². The molecule has 26 heavy (non-hydrogen) atoms. The molecule has 0 saturated heterocycles. The number of H-pyrrole nitrogens is 1. The summed E-state index contributed by atoms with van der Waals surface area (Å²) < 4.78 is 0. The number of aryl methyl sites for hydroxylation is 2. The Morgan fingerprint density at radius 3 is 2.92 bits per heavy atom. The van der Waals surface area contributed by atoms with Gasteiger partial charge in [-0.3, -0.25) is 9.59 Å². The number of hydrogen-bond acceptors (Lipinski definition) is 5. The highest BCUT2D eigenvalue weighted by Crippen LogP contribution is 2.26. The van der Waals surface area contributed by atoms with Crippen molar-refractivity contribution in [1.82, 2.24) is 15.4 Å². The molecule has 0 fully saturated rings. The Morgan fingerprint density at radius 2 is 2.15 bits per heavy atom. The summed E-state index contributed by atoms with van der Waals surface area (Å²) in [4.78, 5) is 32.9. The molecule has 0 radical (unpaired) electrons. The van der Waals surface area contributed by atoms with Gasteiger partial charge < -0.3 is 4.98 Å². The first-order chi connectivity index (χ1) is 12.4. The maximum Gasteiger partial charge on any atom is 0.259 e. The molecule has 0 saturated carbocycles. The van der Waals surface area contributed by atoms with Crippen molar-refractivity contribution in [3.8, 4) is 0 Å². The van der Waals surface area contributed by atoms with Gasteiger partial charge in [0.2, 0.25) is 5.91 Å². The van der Waals surface area contributed by atoms with Gasteiger partial charge in [-0.05, 0) is 25.5 Å². The maximum absolute atomic E-state index is 12.2.